The highest BCUT2D eigenvalue weighted by Gasteiger charge is 2.33. The van der Waals surface area contributed by atoms with Crippen molar-refractivity contribution in [3.63, 3.8) is 0 Å². The van der Waals surface area contributed by atoms with Crippen molar-refractivity contribution in [2.75, 3.05) is 12.9 Å². The zero-order valence-corrected chi connectivity index (χ0v) is 17.4. The second-order valence-electron chi connectivity index (χ2n) is 6.69. The van der Waals surface area contributed by atoms with Crippen molar-refractivity contribution in [1.29, 1.82) is 0 Å². The first-order chi connectivity index (χ1) is 14.5. The average molecular weight is 451 g/mol. The first-order valence-corrected chi connectivity index (χ1v) is 10.7. The van der Waals surface area contributed by atoms with Crippen molar-refractivity contribution in [2.45, 2.75) is 18.1 Å². The van der Waals surface area contributed by atoms with Crippen LogP contribution in [0.3, 0.4) is 0 Å². The normalized spacial score (nSPS) is 12.6. The Hall–Kier alpha value is -3.28. The smallest absolute Gasteiger partial charge is 0.433 e. The number of aryl methyl sites for hydroxylation is 1. The maximum atomic E-state index is 13.0. The second kappa shape index (κ2) is 7.15. The number of fused-ring (bicyclic) bond motifs is 2. The van der Waals surface area contributed by atoms with Gasteiger partial charge >= 0.3 is 6.18 Å². The largest absolute Gasteiger partial charge is 0.497 e. The number of aromatic nitrogens is 5. The summed E-state index contributed by atoms with van der Waals surface area (Å²) in [5, 5.41) is -0.296. The number of nitrogens with zero attached hydrogens (tertiary/aromatic N) is 5. The van der Waals surface area contributed by atoms with Crippen LogP contribution in [0, 0.1) is 0 Å². The molecule has 3 heterocycles. The molecule has 162 valence electrons. The van der Waals surface area contributed by atoms with E-state index in [9.17, 15) is 21.6 Å². The molecule has 0 fully saturated rings. The Morgan fingerprint density at radius 1 is 1.06 bits per heavy atom. The van der Waals surface area contributed by atoms with E-state index in [1.165, 1.54) is 18.6 Å². The summed E-state index contributed by atoms with van der Waals surface area (Å²) in [6.45, 7) is 1.47. The fourth-order valence-corrected chi connectivity index (χ4v) is 4.04. The number of alkyl halides is 3. The van der Waals surface area contributed by atoms with Crippen molar-refractivity contribution < 1.29 is 26.3 Å². The molecular formula is C19H16F3N5O3S. The molecule has 0 aliphatic heterocycles. The topological polar surface area (TPSA) is 99.9 Å². The molecule has 12 heteroatoms. The maximum absolute atomic E-state index is 13.0. The van der Waals surface area contributed by atoms with Crippen molar-refractivity contribution >= 4 is 31.9 Å². The fourth-order valence-electron chi connectivity index (χ4n) is 3.10. The van der Waals surface area contributed by atoms with Crippen LogP contribution in [-0.2, 0) is 23.1 Å². The number of hydrogen-bond donors (Lipinski definition) is 0. The van der Waals surface area contributed by atoms with Crippen molar-refractivity contribution in [2.24, 2.45) is 7.05 Å². The minimum Gasteiger partial charge on any atom is -0.497 e. The summed E-state index contributed by atoms with van der Waals surface area (Å²) in [6.07, 6.45) is -3.60. The Morgan fingerprint density at radius 2 is 1.81 bits per heavy atom. The molecule has 8 nitrogen and oxygen atoms in total. The Labute approximate surface area is 174 Å². The van der Waals surface area contributed by atoms with E-state index in [-0.39, 0.29) is 33.3 Å². The summed E-state index contributed by atoms with van der Waals surface area (Å²) in [5.74, 6) is 0.309. The van der Waals surface area contributed by atoms with Gasteiger partial charge in [-0.1, -0.05) is 6.92 Å². The van der Waals surface area contributed by atoms with Gasteiger partial charge in [-0.3, -0.25) is 0 Å². The third-order valence-electron chi connectivity index (χ3n) is 4.78. The van der Waals surface area contributed by atoms with Crippen LogP contribution < -0.4 is 4.74 Å². The summed E-state index contributed by atoms with van der Waals surface area (Å²) in [5.41, 5.74) is -0.181. The molecule has 4 rings (SSSR count). The molecule has 0 N–H and O–H groups in total. The number of halogens is 3. The van der Waals surface area contributed by atoms with Gasteiger partial charge in [-0.25, -0.2) is 28.4 Å². The third-order valence-corrected chi connectivity index (χ3v) is 6.42. The summed E-state index contributed by atoms with van der Waals surface area (Å²) >= 11 is 0. The Kier molecular flexibility index (Phi) is 4.84. The lowest BCUT2D eigenvalue weighted by molar-refractivity contribution is -0.141. The first-order valence-electron chi connectivity index (χ1n) is 9.03. The third kappa shape index (κ3) is 3.56. The number of benzene rings is 1. The van der Waals surface area contributed by atoms with Gasteiger partial charge in [0, 0.05) is 13.1 Å². The summed E-state index contributed by atoms with van der Waals surface area (Å²) < 4.78 is 71.3. The van der Waals surface area contributed by atoms with Gasteiger partial charge in [0.1, 0.15) is 17.1 Å². The molecule has 3 aromatic heterocycles. The fraction of sp³-hybridized carbons (Fsp3) is 0.263. The van der Waals surface area contributed by atoms with E-state index in [0.717, 1.165) is 12.3 Å². The number of hydrogen-bond acceptors (Lipinski definition) is 7. The monoisotopic (exact) mass is 451 g/mol. The Bertz CT molecular complexity index is 1430. The summed E-state index contributed by atoms with van der Waals surface area (Å²) in [7, 11) is -0.808. The zero-order valence-electron chi connectivity index (χ0n) is 16.6. The lowest BCUT2D eigenvalue weighted by Gasteiger charge is -2.10. The minimum absolute atomic E-state index is 0.00668. The van der Waals surface area contributed by atoms with Crippen LogP contribution in [0.5, 0.6) is 5.75 Å². The molecule has 0 bridgehead atoms. The lowest BCUT2D eigenvalue weighted by Crippen LogP contribution is -2.11. The van der Waals surface area contributed by atoms with E-state index in [1.54, 1.807) is 25.2 Å². The number of methoxy groups -OCH3 is 1. The molecule has 0 radical (unpaired) electrons. The summed E-state index contributed by atoms with van der Waals surface area (Å²) in [4.78, 5) is 16.4. The van der Waals surface area contributed by atoms with E-state index >= 15 is 0 Å². The maximum Gasteiger partial charge on any atom is 0.433 e. The number of imidazole rings is 1. The average Bonchev–Trinajstić information content (AvgIpc) is 3.07. The molecule has 0 aliphatic rings. The number of sulfone groups is 1. The van der Waals surface area contributed by atoms with Crippen LogP contribution in [0.1, 0.15) is 12.6 Å². The molecule has 31 heavy (non-hydrogen) atoms. The van der Waals surface area contributed by atoms with E-state index in [2.05, 4.69) is 19.9 Å². The van der Waals surface area contributed by atoms with Crippen LogP contribution in [0.4, 0.5) is 13.2 Å². The molecule has 0 saturated carbocycles. The zero-order chi connectivity index (χ0) is 22.6. The van der Waals surface area contributed by atoms with Crippen molar-refractivity contribution in [3.05, 3.63) is 36.2 Å². The van der Waals surface area contributed by atoms with Crippen LogP contribution in [0.15, 0.2) is 35.5 Å². The van der Waals surface area contributed by atoms with Crippen LogP contribution in [0.2, 0.25) is 0 Å². The van der Waals surface area contributed by atoms with Crippen LogP contribution in [0.25, 0.3) is 33.6 Å². The highest BCUT2D eigenvalue weighted by molar-refractivity contribution is 7.91. The SMILES string of the molecule is CCS(=O)(=O)c1nc2ccc(OC)cc2nc1-c1nc2cc(C(F)(F)F)ncc2n1C. The molecule has 0 aliphatic carbocycles. The number of rotatable bonds is 4. The Morgan fingerprint density at radius 3 is 2.45 bits per heavy atom. The second-order valence-corrected chi connectivity index (χ2v) is 8.88. The van der Waals surface area contributed by atoms with E-state index in [4.69, 9.17) is 4.74 Å². The van der Waals surface area contributed by atoms with Crippen molar-refractivity contribution in [1.82, 2.24) is 24.5 Å². The van der Waals surface area contributed by atoms with Gasteiger partial charge < -0.3 is 9.30 Å². The minimum atomic E-state index is -4.64. The number of pyridine rings is 1. The van der Waals surface area contributed by atoms with Gasteiger partial charge in [0.25, 0.3) is 0 Å². The van der Waals surface area contributed by atoms with Gasteiger partial charge in [0.2, 0.25) is 0 Å². The Balaban J connectivity index is 2.04. The molecule has 4 aromatic rings. The lowest BCUT2D eigenvalue weighted by atomic mass is 10.2. The molecule has 0 saturated heterocycles. The van der Waals surface area contributed by atoms with E-state index in [1.807, 2.05) is 0 Å². The molecule has 0 unspecified atom stereocenters. The molecule has 0 atom stereocenters. The molecule has 1 aromatic carbocycles. The van der Waals surface area contributed by atoms with Gasteiger partial charge in [-0.2, -0.15) is 13.2 Å². The summed E-state index contributed by atoms with van der Waals surface area (Å²) in [6, 6.07) is 5.59. The van der Waals surface area contributed by atoms with E-state index in [0.29, 0.717) is 16.8 Å². The van der Waals surface area contributed by atoms with Gasteiger partial charge in [0.05, 0.1) is 41.1 Å². The van der Waals surface area contributed by atoms with Gasteiger partial charge in [-0.05, 0) is 18.2 Å². The molecule has 0 amide bonds. The van der Waals surface area contributed by atoms with E-state index < -0.39 is 21.7 Å². The quantitative estimate of drug-likeness (QED) is 0.469. The molecular weight excluding hydrogens is 435 g/mol. The standard InChI is InChI=1S/C19H16F3N5O3S/c1-4-31(28,29)18-16(24-12-7-10(30-3)5-6-11(12)26-18)17-25-13-8-15(19(20,21)22)23-9-14(13)27(17)2/h5-9H,4H2,1-3H3. The predicted octanol–water partition coefficient (Wildman–Crippen LogP) is 3.40. The van der Waals surface area contributed by atoms with Gasteiger partial charge in [0.15, 0.2) is 20.7 Å². The molecule has 0 spiro atoms. The van der Waals surface area contributed by atoms with Crippen molar-refractivity contribution in [3.8, 4) is 17.3 Å². The first kappa shape index (κ1) is 21.0. The highest BCUT2D eigenvalue weighted by Crippen LogP contribution is 2.33. The number of ether oxygens (including phenoxy) is 1. The predicted molar refractivity (Wildman–Crippen MR) is 106 cm³/mol. The van der Waals surface area contributed by atoms with Gasteiger partial charge in [-0.15, -0.1) is 0 Å². The van der Waals surface area contributed by atoms with Crippen LogP contribution >= 0.6 is 0 Å². The van der Waals surface area contributed by atoms with Crippen LogP contribution in [-0.4, -0.2) is 45.8 Å². The highest BCUT2D eigenvalue weighted by atomic mass is 32.2.